The van der Waals surface area contributed by atoms with Crippen molar-refractivity contribution in [2.45, 2.75) is 6.42 Å². The Bertz CT molecular complexity index is 454. The van der Waals surface area contributed by atoms with Crippen LogP contribution in [0.3, 0.4) is 0 Å². The summed E-state index contributed by atoms with van der Waals surface area (Å²) in [4.78, 5) is 4.10. The van der Waals surface area contributed by atoms with Crippen molar-refractivity contribution in [1.82, 2.24) is 20.5 Å². The van der Waals surface area contributed by atoms with E-state index >= 15 is 0 Å². The Morgan fingerprint density at radius 2 is 2.25 bits per heavy atom. The summed E-state index contributed by atoms with van der Waals surface area (Å²) in [6, 6.07) is 3.49. The van der Waals surface area contributed by atoms with Crippen molar-refractivity contribution in [2.75, 3.05) is 13.6 Å². The molecule has 0 spiro atoms. The van der Waals surface area contributed by atoms with Gasteiger partial charge in [0.2, 0.25) is 5.89 Å². The van der Waals surface area contributed by atoms with Gasteiger partial charge in [0.1, 0.15) is 5.69 Å². The summed E-state index contributed by atoms with van der Waals surface area (Å²) in [5.41, 5.74) is 0.632. The van der Waals surface area contributed by atoms with Crippen LogP contribution in [-0.2, 0) is 6.42 Å². The quantitative estimate of drug-likeness (QED) is 0.876. The molecule has 0 saturated carbocycles. The van der Waals surface area contributed by atoms with E-state index in [-0.39, 0.29) is 0 Å². The van der Waals surface area contributed by atoms with Gasteiger partial charge in [-0.05, 0) is 19.2 Å². The first-order valence-corrected chi connectivity index (χ1v) is 5.26. The highest BCUT2D eigenvalue weighted by Crippen LogP contribution is 2.17. The van der Waals surface area contributed by atoms with E-state index in [0.29, 0.717) is 28.9 Å². The predicted molar refractivity (Wildman–Crippen MR) is 60.2 cm³/mol. The van der Waals surface area contributed by atoms with E-state index < -0.39 is 0 Å². The summed E-state index contributed by atoms with van der Waals surface area (Å²) in [5, 5.41) is 11.4. The van der Waals surface area contributed by atoms with Gasteiger partial charge in [-0.2, -0.15) is 0 Å². The van der Waals surface area contributed by atoms with E-state index in [1.54, 1.807) is 18.3 Å². The van der Waals surface area contributed by atoms with Crippen LogP contribution in [0.4, 0.5) is 0 Å². The maximum absolute atomic E-state index is 5.74. The Balaban J connectivity index is 2.15. The minimum atomic E-state index is 0.419. The van der Waals surface area contributed by atoms with Crippen molar-refractivity contribution in [3.63, 3.8) is 0 Å². The normalized spacial score (nSPS) is 10.6. The fourth-order valence-corrected chi connectivity index (χ4v) is 1.30. The number of pyridine rings is 1. The number of nitrogens with zero attached hydrogens (tertiary/aromatic N) is 3. The average Bonchev–Trinajstić information content (AvgIpc) is 2.76. The van der Waals surface area contributed by atoms with E-state index in [1.165, 1.54) is 0 Å². The summed E-state index contributed by atoms with van der Waals surface area (Å²) in [5.74, 6) is 1.02. The van der Waals surface area contributed by atoms with E-state index in [1.807, 2.05) is 7.05 Å². The molecule has 0 unspecified atom stereocenters. The van der Waals surface area contributed by atoms with E-state index in [0.717, 1.165) is 6.54 Å². The summed E-state index contributed by atoms with van der Waals surface area (Å²) in [6.07, 6.45) is 2.26. The summed E-state index contributed by atoms with van der Waals surface area (Å²) >= 11 is 5.74. The maximum atomic E-state index is 5.74. The van der Waals surface area contributed by atoms with Crippen molar-refractivity contribution in [2.24, 2.45) is 0 Å². The number of likely N-dealkylation sites (N-methyl/N-ethyl adjacent to an activating group) is 1. The standard InChI is InChI=1S/C10H11ClN4O/c1-12-5-4-9-14-15-10(16-9)8-3-2-7(11)6-13-8/h2-3,6,12H,4-5H2,1H3. The van der Waals surface area contributed by atoms with Crippen LogP contribution in [0.5, 0.6) is 0 Å². The van der Waals surface area contributed by atoms with Crippen LogP contribution in [0.1, 0.15) is 5.89 Å². The largest absolute Gasteiger partial charge is 0.419 e. The molecule has 2 aromatic heterocycles. The van der Waals surface area contributed by atoms with Gasteiger partial charge in [0, 0.05) is 19.2 Å². The number of rotatable bonds is 4. The molecule has 6 heteroatoms. The van der Waals surface area contributed by atoms with Crippen molar-refractivity contribution in [1.29, 1.82) is 0 Å². The second-order valence-corrected chi connectivity index (χ2v) is 3.65. The van der Waals surface area contributed by atoms with Gasteiger partial charge in [-0.3, -0.25) is 0 Å². The zero-order valence-corrected chi connectivity index (χ0v) is 9.53. The molecule has 0 aliphatic carbocycles. The molecule has 0 aliphatic heterocycles. The highest BCUT2D eigenvalue weighted by atomic mass is 35.5. The topological polar surface area (TPSA) is 63.8 Å². The van der Waals surface area contributed by atoms with Crippen molar-refractivity contribution < 1.29 is 4.42 Å². The van der Waals surface area contributed by atoms with Gasteiger partial charge < -0.3 is 9.73 Å². The molecule has 16 heavy (non-hydrogen) atoms. The summed E-state index contributed by atoms with van der Waals surface area (Å²) in [7, 11) is 1.87. The molecule has 2 heterocycles. The Labute approximate surface area is 97.9 Å². The third-order valence-electron chi connectivity index (χ3n) is 2.00. The molecule has 5 nitrogen and oxygen atoms in total. The van der Waals surface area contributed by atoms with Gasteiger partial charge in [-0.15, -0.1) is 10.2 Å². The summed E-state index contributed by atoms with van der Waals surface area (Å²) < 4.78 is 5.44. The van der Waals surface area contributed by atoms with E-state index in [2.05, 4.69) is 20.5 Å². The first kappa shape index (κ1) is 11.0. The SMILES string of the molecule is CNCCc1nnc(-c2ccc(Cl)cn2)o1. The van der Waals surface area contributed by atoms with Crippen LogP contribution < -0.4 is 5.32 Å². The third kappa shape index (κ3) is 2.56. The van der Waals surface area contributed by atoms with Crippen molar-refractivity contribution in [3.8, 4) is 11.6 Å². The fraction of sp³-hybridized carbons (Fsp3) is 0.300. The zero-order chi connectivity index (χ0) is 11.4. The maximum Gasteiger partial charge on any atom is 0.266 e. The van der Waals surface area contributed by atoms with Crippen LogP contribution >= 0.6 is 11.6 Å². The molecule has 0 fully saturated rings. The van der Waals surface area contributed by atoms with Crippen LogP contribution in [0, 0.1) is 0 Å². The van der Waals surface area contributed by atoms with Gasteiger partial charge >= 0.3 is 0 Å². The molecule has 0 aliphatic rings. The van der Waals surface area contributed by atoms with Crippen LogP contribution in [0.15, 0.2) is 22.7 Å². The number of hydrogen-bond donors (Lipinski definition) is 1. The third-order valence-corrected chi connectivity index (χ3v) is 2.23. The molecule has 0 atom stereocenters. The van der Waals surface area contributed by atoms with Gasteiger partial charge in [-0.25, -0.2) is 4.98 Å². The van der Waals surface area contributed by atoms with Gasteiger partial charge in [0.25, 0.3) is 5.89 Å². The van der Waals surface area contributed by atoms with Crippen LogP contribution in [0.2, 0.25) is 5.02 Å². The van der Waals surface area contributed by atoms with Crippen molar-refractivity contribution in [3.05, 3.63) is 29.2 Å². The lowest BCUT2D eigenvalue weighted by Crippen LogP contribution is -2.10. The van der Waals surface area contributed by atoms with E-state index in [9.17, 15) is 0 Å². The summed E-state index contributed by atoms with van der Waals surface area (Å²) in [6.45, 7) is 0.801. The van der Waals surface area contributed by atoms with Gasteiger partial charge in [0.05, 0.1) is 5.02 Å². The number of halogens is 1. The molecule has 2 aromatic rings. The number of nitrogens with one attached hydrogen (secondary N) is 1. The number of hydrogen-bond acceptors (Lipinski definition) is 5. The van der Waals surface area contributed by atoms with Crippen LogP contribution in [-0.4, -0.2) is 28.8 Å². The highest BCUT2D eigenvalue weighted by Gasteiger charge is 2.08. The van der Waals surface area contributed by atoms with Crippen molar-refractivity contribution >= 4 is 11.6 Å². The molecule has 0 amide bonds. The lowest BCUT2D eigenvalue weighted by Gasteiger charge is -1.94. The van der Waals surface area contributed by atoms with Gasteiger partial charge in [0.15, 0.2) is 0 Å². The molecular weight excluding hydrogens is 228 g/mol. The number of aromatic nitrogens is 3. The second kappa shape index (κ2) is 5.05. The monoisotopic (exact) mass is 238 g/mol. The molecule has 0 radical (unpaired) electrons. The second-order valence-electron chi connectivity index (χ2n) is 3.22. The molecule has 1 N–H and O–H groups in total. The Hall–Kier alpha value is -1.46. The molecule has 0 saturated heterocycles. The molecule has 84 valence electrons. The zero-order valence-electron chi connectivity index (χ0n) is 8.77. The molecule has 0 aromatic carbocycles. The minimum Gasteiger partial charge on any atom is -0.419 e. The fourth-order valence-electron chi connectivity index (χ4n) is 1.19. The van der Waals surface area contributed by atoms with E-state index in [4.69, 9.17) is 16.0 Å². The predicted octanol–water partition coefficient (Wildman–Crippen LogP) is 1.55. The molecular formula is C10H11ClN4O. The lowest BCUT2D eigenvalue weighted by molar-refractivity contribution is 0.498. The lowest BCUT2D eigenvalue weighted by atomic mass is 10.3. The first-order chi connectivity index (χ1) is 7.79. The Kier molecular flexibility index (Phi) is 3.48. The van der Waals surface area contributed by atoms with Crippen LogP contribution in [0.25, 0.3) is 11.6 Å². The minimum absolute atomic E-state index is 0.419. The first-order valence-electron chi connectivity index (χ1n) is 4.88. The Morgan fingerprint density at radius 3 is 2.94 bits per heavy atom. The molecule has 2 rings (SSSR count). The molecule has 0 bridgehead atoms. The smallest absolute Gasteiger partial charge is 0.266 e. The highest BCUT2D eigenvalue weighted by molar-refractivity contribution is 6.30. The Morgan fingerprint density at radius 1 is 1.38 bits per heavy atom. The average molecular weight is 239 g/mol. The van der Waals surface area contributed by atoms with Gasteiger partial charge in [-0.1, -0.05) is 11.6 Å².